The molecule has 18 heteroatoms. The van der Waals surface area contributed by atoms with E-state index in [9.17, 15) is 18.6 Å². The first-order chi connectivity index (χ1) is 33.3. The van der Waals surface area contributed by atoms with Crippen molar-refractivity contribution in [2.75, 3.05) is 46.2 Å². The van der Waals surface area contributed by atoms with Gasteiger partial charge in [-0.3, -0.25) is 19.2 Å². The number of nitrogens with one attached hydrogen (secondary N) is 3. The number of anilines is 1. The number of aromatic nitrogens is 2. The topological polar surface area (TPSA) is 218 Å². The molecule has 2 aliphatic rings. The third kappa shape index (κ3) is 22.1. The number of fused-ring (bicyclic) bond motifs is 2. The van der Waals surface area contributed by atoms with Crippen LogP contribution >= 0.6 is 11.3 Å². The molecular formula is C52H82N8O8S2. The Morgan fingerprint density at radius 2 is 1.70 bits per heavy atom. The van der Waals surface area contributed by atoms with Gasteiger partial charge >= 0.3 is 0 Å². The summed E-state index contributed by atoms with van der Waals surface area (Å²) in [7, 11) is 4.28. The molecule has 0 radical (unpaired) electrons. The number of amides is 3. The van der Waals surface area contributed by atoms with Crippen LogP contribution in [0.1, 0.15) is 120 Å². The summed E-state index contributed by atoms with van der Waals surface area (Å²) in [5.41, 5.74) is 8.93. The number of carbonyl (C=O) groups excluding carboxylic acids is 3. The van der Waals surface area contributed by atoms with Crippen LogP contribution in [0.3, 0.4) is 0 Å². The fraction of sp³-hybridized carbons (Fsp3) is 0.538. The van der Waals surface area contributed by atoms with E-state index in [4.69, 9.17) is 30.1 Å². The number of unbranched alkanes of at least 4 members (excludes halogenated alkanes) is 3. The predicted molar refractivity (Wildman–Crippen MR) is 287 cm³/mol. The summed E-state index contributed by atoms with van der Waals surface area (Å²) in [6.45, 7) is 22.4. The lowest BCUT2D eigenvalue weighted by molar-refractivity contribution is -0.137. The van der Waals surface area contributed by atoms with Crippen molar-refractivity contribution in [2.24, 2.45) is 11.1 Å². The third-order valence-electron chi connectivity index (χ3n) is 10.5. The Morgan fingerprint density at radius 3 is 2.26 bits per heavy atom. The van der Waals surface area contributed by atoms with Crippen LogP contribution < -0.4 is 31.2 Å². The van der Waals surface area contributed by atoms with Crippen molar-refractivity contribution in [3.8, 4) is 22.9 Å². The molecule has 2 aliphatic heterocycles. The highest BCUT2D eigenvalue weighted by Gasteiger charge is 2.33. The van der Waals surface area contributed by atoms with Crippen molar-refractivity contribution in [1.29, 1.82) is 0 Å². The Morgan fingerprint density at radius 1 is 1.01 bits per heavy atom. The largest absolute Gasteiger partial charge is 0.497 e. The van der Waals surface area contributed by atoms with E-state index < -0.39 is 28.9 Å². The molecule has 16 nitrogen and oxygen atoms in total. The number of carbonyl (C=O) groups is 4. The zero-order valence-electron chi connectivity index (χ0n) is 43.9. The normalized spacial score (nSPS) is 15.2. The molecule has 4 heterocycles. The number of pyridine rings is 1. The molecule has 0 saturated carbocycles. The third-order valence-corrected chi connectivity index (χ3v) is 12.8. The quantitative estimate of drug-likeness (QED) is 0.0380. The molecular weight excluding hydrogens is 929 g/mol. The van der Waals surface area contributed by atoms with Gasteiger partial charge in [0, 0.05) is 61.5 Å². The van der Waals surface area contributed by atoms with Gasteiger partial charge in [0.2, 0.25) is 18.2 Å². The lowest BCUT2D eigenvalue weighted by atomic mass is 9.87. The second-order valence-electron chi connectivity index (χ2n) is 17.4. The van der Waals surface area contributed by atoms with Crippen LogP contribution in [-0.2, 0) is 36.7 Å². The van der Waals surface area contributed by atoms with Gasteiger partial charge in [-0.05, 0) is 82.2 Å². The number of allylic oxidation sites excluding steroid dienone is 2. The molecule has 3 amide bonds. The number of likely N-dealkylation sites (N-methyl/N-ethyl adjacent to an activating group) is 1. The van der Waals surface area contributed by atoms with Crippen molar-refractivity contribution >= 4 is 62.6 Å². The molecule has 1 saturated heterocycles. The maximum atomic E-state index is 12.4. The van der Waals surface area contributed by atoms with Gasteiger partial charge in [0.15, 0.2) is 5.13 Å². The number of likely N-dealkylation sites (tertiary alicyclic amines) is 1. The predicted octanol–water partition coefficient (Wildman–Crippen LogP) is 9.21. The van der Waals surface area contributed by atoms with Crippen LogP contribution in [0, 0.1) is 5.41 Å². The van der Waals surface area contributed by atoms with Gasteiger partial charge in [-0.25, -0.2) is 18.5 Å². The maximum absolute atomic E-state index is 12.4. The second kappa shape index (κ2) is 34.0. The van der Waals surface area contributed by atoms with E-state index in [0.717, 1.165) is 70.3 Å². The molecule has 0 bridgehead atoms. The van der Waals surface area contributed by atoms with Crippen LogP contribution in [0.2, 0.25) is 0 Å². The number of hydrogen-bond donors (Lipinski definition) is 5. The number of carboxylic acid groups (broad SMARTS) is 1. The molecule has 0 spiro atoms. The number of primary amides is 1. The highest BCUT2D eigenvalue weighted by atomic mass is 32.2. The zero-order chi connectivity index (χ0) is 52.8. The minimum absolute atomic E-state index is 0.0761. The average Bonchev–Trinajstić information content (AvgIpc) is 4.10. The van der Waals surface area contributed by atoms with E-state index in [-0.39, 0.29) is 17.9 Å². The van der Waals surface area contributed by atoms with Gasteiger partial charge in [-0.2, -0.15) is 0 Å². The fourth-order valence-corrected chi connectivity index (χ4v) is 9.25. The van der Waals surface area contributed by atoms with Crippen molar-refractivity contribution in [3.63, 3.8) is 0 Å². The number of rotatable bonds is 17. The first-order valence-electron chi connectivity index (χ1n) is 24.1. The molecule has 1 fully saturated rings. The molecule has 390 valence electrons. The lowest BCUT2D eigenvalue weighted by Gasteiger charge is -2.33. The van der Waals surface area contributed by atoms with Gasteiger partial charge in [0.25, 0.3) is 5.97 Å². The Balaban J connectivity index is 0.000000469. The van der Waals surface area contributed by atoms with E-state index in [1.54, 1.807) is 25.6 Å². The second-order valence-corrected chi connectivity index (χ2v) is 19.7. The summed E-state index contributed by atoms with van der Waals surface area (Å²) in [6.07, 6.45) is 12.9. The van der Waals surface area contributed by atoms with E-state index in [1.807, 2.05) is 68.7 Å². The van der Waals surface area contributed by atoms with Crippen molar-refractivity contribution in [1.82, 2.24) is 29.8 Å². The number of aliphatic carboxylic acids is 1. The van der Waals surface area contributed by atoms with Crippen LogP contribution in [0.25, 0.3) is 22.3 Å². The van der Waals surface area contributed by atoms with Crippen LogP contribution in [0.4, 0.5) is 5.13 Å². The smallest absolute Gasteiger partial charge is 0.300 e. The Labute approximate surface area is 424 Å². The summed E-state index contributed by atoms with van der Waals surface area (Å²) in [4.78, 5) is 53.0. The molecule has 6 N–H and O–H groups in total. The maximum Gasteiger partial charge on any atom is 0.300 e. The van der Waals surface area contributed by atoms with Gasteiger partial charge in [0.1, 0.15) is 34.2 Å². The summed E-state index contributed by atoms with van der Waals surface area (Å²) < 4.78 is 25.2. The number of thiazole rings is 1. The summed E-state index contributed by atoms with van der Waals surface area (Å²) in [5.74, 6) is -0.0379. The van der Waals surface area contributed by atoms with Gasteiger partial charge < -0.3 is 41.2 Å². The molecule has 4 aromatic rings. The fourth-order valence-electron chi connectivity index (χ4n) is 7.02. The Kier molecular flexibility index (Phi) is 30.4. The number of benzene rings is 2. The van der Waals surface area contributed by atoms with Crippen molar-refractivity contribution in [3.05, 3.63) is 71.6 Å². The van der Waals surface area contributed by atoms with E-state index in [0.29, 0.717) is 31.5 Å². The standard InChI is InChI=1S/C17H19N3O2S.C14H22N2OS.C9H18.C8H13N3O3.C2H4O2.C2H6/c1-10(2)18-17-20-15(9-23-17)14-8-16(22-4)12-6-5-11(21-3)7-13(12)19-14;1-14(2,3)13(15-4)10-16-9-11-7-5-6-8-12(11)18(16)17;1-3-5-7-9-8-6-4-2;9-8(14)6-2-1-3-11(6)7(13)4-10-5-12;1-2(3)4;1-2/h5-10H,1-4H3,(H,18,20);5-8,13,15H,9-10H2,1-4H3;5,7H,3-4,6,8-9H2,1-2H3;5-6H,1-4H2,(H2,9,14)(H,10,12);1H3,(H,3,4);1-2H3/b;;7-5-;;;/t;13-,18?;;6-;;/m.1.0../s1. The number of carboxylic acids is 1. The van der Waals surface area contributed by atoms with Gasteiger partial charge in [-0.15, -0.1) is 11.3 Å². The lowest BCUT2D eigenvalue weighted by Crippen LogP contribution is -2.46. The van der Waals surface area contributed by atoms with Gasteiger partial charge in [-0.1, -0.05) is 91.7 Å². The number of hydrogen-bond acceptors (Lipinski definition) is 12. The van der Waals surface area contributed by atoms with E-state index >= 15 is 0 Å². The SMILES string of the molecule is CC.CC(=O)O.CC/C=C\CCCCC.CN[C@H](CN1Cc2ccccc2S1=O)C(C)(C)C.COc1ccc2c(OC)cc(-c3csc(NC(C)C)n3)nc2c1.NC(=O)[C@@H]1CCCN1C(=O)CNC=O. The number of nitrogens with zero attached hydrogens (tertiary/aromatic N) is 4. The monoisotopic (exact) mass is 1010 g/mol. The number of methoxy groups -OCH3 is 2. The minimum Gasteiger partial charge on any atom is -0.497 e. The molecule has 1 unspecified atom stereocenters. The number of nitrogens with two attached hydrogens (primary N) is 1. The molecule has 3 atom stereocenters. The van der Waals surface area contributed by atoms with Crippen LogP contribution in [-0.4, -0.2) is 112 Å². The van der Waals surface area contributed by atoms with Gasteiger partial charge in [0.05, 0.1) is 36.9 Å². The Hall–Kier alpha value is -5.43. The molecule has 6 rings (SSSR count). The average molecular weight is 1010 g/mol. The Bertz CT molecular complexity index is 2230. The summed E-state index contributed by atoms with van der Waals surface area (Å²) in [6, 6.07) is 15.9. The summed E-state index contributed by atoms with van der Waals surface area (Å²) in [5, 5.41) is 20.2. The molecule has 2 aromatic carbocycles. The van der Waals surface area contributed by atoms with Crippen LogP contribution in [0.15, 0.2) is 71.0 Å². The highest BCUT2D eigenvalue weighted by Crippen LogP contribution is 2.33. The first kappa shape index (κ1) is 62.6. The van der Waals surface area contributed by atoms with Crippen LogP contribution in [0.5, 0.6) is 11.5 Å². The van der Waals surface area contributed by atoms with Crippen molar-refractivity contribution in [2.45, 2.75) is 144 Å². The molecule has 2 aromatic heterocycles. The van der Waals surface area contributed by atoms with E-state index in [2.05, 4.69) is 91.9 Å². The molecule has 0 aliphatic carbocycles. The van der Waals surface area contributed by atoms with Crippen molar-refractivity contribution < 1.29 is 38.0 Å². The number of ether oxygens (including phenoxy) is 2. The van der Waals surface area contributed by atoms with E-state index in [1.165, 1.54) is 42.6 Å². The summed E-state index contributed by atoms with van der Waals surface area (Å²) >= 11 is 1.57. The highest BCUT2D eigenvalue weighted by molar-refractivity contribution is 7.83. The first-order valence-corrected chi connectivity index (χ1v) is 26.1. The zero-order valence-corrected chi connectivity index (χ0v) is 45.6. The minimum atomic E-state index is -0.999. The molecule has 70 heavy (non-hydrogen) atoms.